The number of hydrogen-bond donors (Lipinski definition) is 0. The molecule has 0 aliphatic carbocycles. The minimum Gasteiger partial charge on any atom is -0.356 e. The monoisotopic (exact) mass is 436 g/mol. The number of likely N-dealkylation sites (N-methyl/N-ethyl adjacent to an activating group) is 1. The third-order valence-electron chi connectivity index (χ3n) is 5.34. The average molecular weight is 437 g/mol. The highest BCUT2D eigenvalue weighted by Gasteiger charge is 2.22. The first-order chi connectivity index (χ1) is 14.6. The molecule has 0 spiro atoms. The van der Waals surface area contributed by atoms with E-state index in [1.807, 2.05) is 12.4 Å². The maximum Gasteiger partial charge on any atom is 0.225 e. The lowest BCUT2D eigenvalue weighted by atomic mass is 10.0. The molecular weight excluding hydrogens is 412 g/mol. The maximum atomic E-state index is 6.36. The van der Waals surface area contributed by atoms with Gasteiger partial charge in [0.15, 0.2) is 0 Å². The summed E-state index contributed by atoms with van der Waals surface area (Å²) in [4.78, 5) is 18.0. The zero-order chi connectivity index (χ0) is 21.1. The van der Waals surface area contributed by atoms with Gasteiger partial charge in [0.25, 0.3) is 0 Å². The molecule has 0 N–H and O–H groups in total. The van der Waals surface area contributed by atoms with Crippen LogP contribution in [0.5, 0.6) is 0 Å². The summed E-state index contributed by atoms with van der Waals surface area (Å²) >= 11 is 8.09. The van der Waals surface area contributed by atoms with Crippen molar-refractivity contribution in [3.63, 3.8) is 0 Å². The molecule has 1 aromatic carbocycles. The van der Waals surface area contributed by atoms with Gasteiger partial charge in [0, 0.05) is 35.9 Å². The van der Waals surface area contributed by atoms with Gasteiger partial charge in [-0.15, -0.1) is 11.3 Å². The lowest BCUT2D eigenvalue weighted by Gasteiger charge is -2.23. The van der Waals surface area contributed by atoms with E-state index >= 15 is 0 Å². The van der Waals surface area contributed by atoms with Crippen LogP contribution >= 0.6 is 22.9 Å². The molecule has 0 saturated heterocycles. The normalized spacial score (nSPS) is 11.2. The molecule has 6 heteroatoms. The molecule has 30 heavy (non-hydrogen) atoms. The van der Waals surface area contributed by atoms with Crippen LogP contribution < -0.4 is 4.90 Å². The van der Waals surface area contributed by atoms with Crippen molar-refractivity contribution >= 4 is 39.0 Å². The van der Waals surface area contributed by atoms with Crippen molar-refractivity contribution < 1.29 is 0 Å². The largest absolute Gasteiger partial charge is 0.356 e. The van der Waals surface area contributed by atoms with Gasteiger partial charge in [-0.2, -0.15) is 4.98 Å². The van der Waals surface area contributed by atoms with Crippen LogP contribution in [-0.4, -0.2) is 28.0 Å². The zero-order valence-corrected chi connectivity index (χ0v) is 19.1. The molecule has 4 aromatic rings. The minimum absolute atomic E-state index is 0.305. The van der Waals surface area contributed by atoms with Gasteiger partial charge in [0.1, 0.15) is 10.6 Å². The number of aromatic nitrogens is 3. The smallest absolute Gasteiger partial charge is 0.225 e. The Labute approximate surface area is 186 Å². The van der Waals surface area contributed by atoms with Gasteiger partial charge in [0.05, 0.1) is 5.39 Å². The van der Waals surface area contributed by atoms with E-state index in [2.05, 4.69) is 72.0 Å². The Morgan fingerprint density at radius 1 is 1.00 bits per heavy atom. The zero-order valence-electron chi connectivity index (χ0n) is 17.5. The Hall–Kier alpha value is -2.50. The molecule has 0 amide bonds. The van der Waals surface area contributed by atoms with Crippen molar-refractivity contribution in [1.29, 1.82) is 0 Å². The third-order valence-corrected chi connectivity index (χ3v) is 6.74. The predicted octanol–water partition coefficient (Wildman–Crippen LogP) is 6.35. The molecular formula is C24H25ClN4S. The molecule has 4 nitrogen and oxygen atoms in total. The molecule has 0 unspecified atom stereocenters. The number of anilines is 1. The molecule has 0 aliphatic rings. The maximum absolute atomic E-state index is 6.36. The highest BCUT2D eigenvalue weighted by Crippen LogP contribution is 2.43. The Morgan fingerprint density at radius 2 is 1.73 bits per heavy atom. The Bertz CT molecular complexity index is 1140. The van der Waals surface area contributed by atoms with Gasteiger partial charge in [0.2, 0.25) is 5.28 Å². The fraction of sp³-hybridized carbons (Fsp3) is 0.292. The quantitative estimate of drug-likeness (QED) is 0.317. The van der Waals surface area contributed by atoms with Crippen LogP contribution in [0.1, 0.15) is 29.9 Å². The van der Waals surface area contributed by atoms with E-state index < -0.39 is 0 Å². The molecule has 0 bridgehead atoms. The second kappa shape index (κ2) is 9.11. The first-order valence-corrected chi connectivity index (χ1v) is 11.5. The first kappa shape index (κ1) is 20.8. The number of pyridine rings is 1. The summed E-state index contributed by atoms with van der Waals surface area (Å²) in [6.07, 6.45) is 5.55. The number of aryl methyl sites for hydroxylation is 2. The van der Waals surface area contributed by atoms with Gasteiger partial charge in [-0.1, -0.05) is 36.8 Å². The lowest BCUT2D eigenvalue weighted by Crippen LogP contribution is -2.26. The van der Waals surface area contributed by atoms with Gasteiger partial charge >= 0.3 is 0 Å². The Balaban J connectivity index is 1.83. The standard InChI is InChI=1S/C24H25ClN4S/c1-4-19-20(18-8-6-16(3)7-9-18)21-22(27-24(25)28-23(21)30-19)29(5-2)15-12-17-10-13-26-14-11-17/h6-11,13-14H,4-5,12,15H2,1-3H3. The van der Waals surface area contributed by atoms with Crippen molar-refractivity contribution in [3.05, 3.63) is 70.1 Å². The van der Waals surface area contributed by atoms with E-state index in [-0.39, 0.29) is 0 Å². The second-order valence-electron chi connectivity index (χ2n) is 7.30. The molecule has 3 aromatic heterocycles. The summed E-state index contributed by atoms with van der Waals surface area (Å²) in [6, 6.07) is 12.8. The Morgan fingerprint density at radius 3 is 2.40 bits per heavy atom. The highest BCUT2D eigenvalue weighted by molar-refractivity contribution is 7.19. The van der Waals surface area contributed by atoms with Crippen molar-refractivity contribution in [1.82, 2.24) is 15.0 Å². The van der Waals surface area contributed by atoms with Crippen LogP contribution in [0.4, 0.5) is 5.82 Å². The van der Waals surface area contributed by atoms with E-state index in [1.54, 1.807) is 11.3 Å². The summed E-state index contributed by atoms with van der Waals surface area (Å²) in [7, 11) is 0. The molecule has 4 rings (SSSR count). The highest BCUT2D eigenvalue weighted by atomic mass is 35.5. The third kappa shape index (κ3) is 4.18. The Kier molecular flexibility index (Phi) is 6.30. The van der Waals surface area contributed by atoms with Crippen LogP contribution in [-0.2, 0) is 12.8 Å². The summed E-state index contributed by atoms with van der Waals surface area (Å²) in [6.45, 7) is 8.17. The summed E-state index contributed by atoms with van der Waals surface area (Å²) < 4.78 is 0. The summed E-state index contributed by atoms with van der Waals surface area (Å²) in [5.41, 5.74) is 4.97. The van der Waals surface area contributed by atoms with E-state index in [4.69, 9.17) is 16.6 Å². The summed E-state index contributed by atoms with van der Waals surface area (Å²) in [5, 5.41) is 1.42. The van der Waals surface area contributed by atoms with Crippen molar-refractivity contribution in [2.24, 2.45) is 0 Å². The number of rotatable bonds is 7. The average Bonchev–Trinajstić information content (AvgIpc) is 3.13. The lowest BCUT2D eigenvalue weighted by molar-refractivity contribution is 0.796. The van der Waals surface area contributed by atoms with Crippen LogP contribution in [0.15, 0.2) is 48.8 Å². The van der Waals surface area contributed by atoms with E-state index in [0.717, 1.165) is 42.0 Å². The minimum atomic E-state index is 0.305. The molecule has 154 valence electrons. The predicted molar refractivity (Wildman–Crippen MR) is 128 cm³/mol. The number of hydrogen-bond acceptors (Lipinski definition) is 5. The number of benzene rings is 1. The molecule has 0 aliphatic heterocycles. The van der Waals surface area contributed by atoms with Crippen molar-refractivity contribution in [2.45, 2.75) is 33.6 Å². The molecule has 0 saturated carbocycles. The topological polar surface area (TPSA) is 41.9 Å². The van der Waals surface area contributed by atoms with Gasteiger partial charge in [-0.05, 0) is 61.5 Å². The van der Waals surface area contributed by atoms with Gasteiger partial charge in [-0.25, -0.2) is 4.98 Å². The number of halogens is 1. The van der Waals surface area contributed by atoms with Crippen LogP contribution in [0, 0.1) is 6.92 Å². The van der Waals surface area contributed by atoms with Crippen molar-refractivity contribution in [2.75, 3.05) is 18.0 Å². The van der Waals surface area contributed by atoms with Gasteiger partial charge < -0.3 is 4.90 Å². The first-order valence-electron chi connectivity index (χ1n) is 10.3. The number of nitrogens with zero attached hydrogens (tertiary/aromatic N) is 4. The second-order valence-corrected chi connectivity index (χ2v) is 8.72. The molecule has 0 fully saturated rings. The van der Waals surface area contributed by atoms with Gasteiger partial charge in [-0.3, -0.25) is 4.98 Å². The van der Waals surface area contributed by atoms with Crippen LogP contribution in [0.25, 0.3) is 21.3 Å². The van der Waals surface area contributed by atoms with Crippen LogP contribution in [0.2, 0.25) is 5.28 Å². The molecule has 0 radical (unpaired) electrons. The number of fused-ring (bicyclic) bond motifs is 1. The molecule has 0 atom stereocenters. The SMILES string of the molecule is CCc1sc2nc(Cl)nc(N(CC)CCc3ccncc3)c2c1-c1ccc(C)cc1. The fourth-order valence-electron chi connectivity index (χ4n) is 3.73. The summed E-state index contributed by atoms with van der Waals surface area (Å²) in [5.74, 6) is 0.924. The fourth-order valence-corrected chi connectivity index (χ4v) is 5.08. The van der Waals surface area contributed by atoms with E-state index in [1.165, 1.54) is 27.1 Å². The number of thiophene rings is 1. The van der Waals surface area contributed by atoms with Crippen molar-refractivity contribution in [3.8, 4) is 11.1 Å². The molecule has 3 heterocycles. The van der Waals surface area contributed by atoms with Crippen LogP contribution in [0.3, 0.4) is 0 Å². The van der Waals surface area contributed by atoms with E-state index in [9.17, 15) is 0 Å². The van der Waals surface area contributed by atoms with E-state index in [0.29, 0.717) is 5.28 Å².